The first kappa shape index (κ1) is 53.9. The summed E-state index contributed by atoms with van der Waals surface area (Å²) in [6.45, 7) is 17.8. The van der Waals surface area contributed by atoms with E-state index in [9.17, 15) is 35.9 Å². The molecule has 2 aromatic carbocycles. The minimum absolute atomic E-state index is 0.232. The van der Waals surface area contributed by atoms with Gasteiger partial charge >= 0.3 is 24.5 Å². The van der Waals surface area contributed by atoms with Crippen LogP contribution >= 0.6 is 15.9 Å². The zero-order valence-electron chi connectivity index (χ0n) is 42.1. The Hall–Kier alpha value is -5.34. The number of carbonyl (C=O) groups excluding carboxylic acids is 2. The van der Waals surface area contributed by atoms with Crippen LogP contribution in [0.4, 0.5) is 53.3 Å². The van der Waals surface area contributed by atoms with Gasteiger partial charge in [0.1, 0.15) is 23.8 Å². The lowest BCUT2D eigenvalue weighted by Gasteiger charge is -2.37. The molecule has 396 valence electrons. The summed E-state index contributed by atoms with van der Waals surface area (Å²) in [6.07, 6.45) is -3.27. The van der Waals surface area contributed by atoms with E-state index in [1.165, 1.54) is 0 Å². The number of rotatable bonds is 13. The number of aromatic nitrogens is 2. The van der Waals surface area contributed by atoms with E-state index < -0.39 is 60.0 Å². The number of hydrogen-bond acceptors (Lipinski definition) is 11. The predicted molar refractivity (Wildman–Crippen MR) is 268 cm³/mol. The molecule has 0 unspecified atom stereocenters. The fourth-order valence-electron chi connectivity index (χ4n) is 10.6. The number of ether oxygens (including phenoxy) is 4. The molecule has 73 heavy (non-hydrogen) atoms. The third-order valence-corrected chi connectivity index (χ3v) is 15.0. The summed E-state index contributed by atoms with van der Waals surface area (Å²) in [5.41, 5.74) is 2.91. The van der Waals surface area contributed by atoms with E-state index in [-0.39, 0.29) is 19.1 Å². The van der Waals surface area contributed by atoms with Crippen LogP contribution in [0.15, 0.2) is 65.4 Å². The standard InChI is InChI=1S/C28H35F3N4O3.C25H29BrF3N3O3/c1-4-34(23-6-10-37-11-7-23)26-21(15-24(16-32-26)33-8-5-9-33)17-35-19(3)25(38-27(35)36)20-12-18(2)13-22(14-20)28(29,30)31;1-4-31(21-5-7-34-8-6-21)23-18(12-20(26)13-30-23)14-32-16(3)22(35-24(32)33)17-9-15(2)10-19(11-17)25(27,28)29/h12-16,19,23,25H,4-11,17H2,1-3H3;9-13,16,21-22H,4-8,14H2,1-3H3/t19-,25-;16-,22-/m00/s1. The number of alkyl halides is 6. The lowest BCUT2D eigenvalue weighted by Crippen LogP contribution is -2.41. The number of pyridine rings is 2. The molecular weight excluding hydrogens is 1020 g/mol. The van der Waals surface area contributed by atoms with Crippen LogP contribution < -0.4 is 14.7 Å². The summed E-state index contributed by atoms with van der Waals surface area (Å²) in [6, 6.07) is 11.4. The van der Waals surface area contributed by atoms with Gasteiger partial charge in [0.2, 0.25) is 0 Å². The summed E-state index contributed by atoms with van der Waals surface area (Å²) in [5.74, 6) is 1.63. The van der Waals surface area contributed by atoms with Crippen molar-refractivity contribution in [3.8, 4) is 0 Å². The van der Waals surface area contributed by atoms with Crippen LogP contribution in [0.2, 0.25) is 0 Å². The molecule has 0 aliphatic carbocycles. The average molecular weight is 1090 g/mol. The number of anilines is 3. The van der Waals surface area contributed by atoms with Crippen LogP contribution in [0.3, 0.4) is 0 Å². The first-order chi connectivity index (χ1) is 34.7. The monoisotopic (exact) mass is 1090 g/mol. The number of nitrogens with zero attached hydrogens (tertiary/aromatic N) is 7. The molecule has 0 saturated carbocycles. The van der Waals surface area contributed by atoms with Gasteiger partial charge in [-0.1, -0.05) is 23.3 Å². The maximum atomic E-state index is 13.5. The lowest BCUT2D eigenvalue weighted by molar-refractivity contribution is -0.138. The molecule has 5 fully saturated rings. The van der Waals surface area contributed by atoms with E-state index in [4.69, 9.17) is 23.9 Å². The Kier molecular flexibility index (Phi) is 16.7. The Labute approximate surface area is 431 Å². The Morgan fingerprint density at radius 2 is 1.05 bits per heavy atom. The highest BCUT2D eigenvalue weighted by atomic mass is 79.9. The maximum Gasteiger partial charge on any atom is 0.416 e. The van der Waals surface area contributed by atoms with Crippen LogP contribution in [0.25, 0.3) is 0 Å². The summed E-state index contributed by atoms with van der Waals surface area (Å²) < 4.78 is 104. The van der Waals surface area contributed by atoms with Crippen molar-refractivity contribution in [1.82, 2.24) is 19.8 Å². The van der Waals surface area contributed by atoms with Gasteiger partial charge in [-0.25, -0.2) is 19.6 Å². The van der Waals surface area contributed by atoms with Crippen molar-refractivity contribution < 1.29 is 54.9 Å². The minimum atomic E-state index is -4.48. The number of benzene rings is 2. The van der Waals surface area contributed by atoms with E-state index in [1.807, 2.05) is 19.2 Å². The van der Waals surface area contributed by atoms with Crippen LogP contribution in [0, 0.1) is 13.8 Å². The van der Waals surface area contributed by atoms with Gasteiger partial charge in [0.25, 0.3) is 0 Å². The molecule has 0 N–H and O–H groups in total. The second-order valence-electron chi connectivity index (χ2n) is 19.5. The number of carbonyl (C=O) groups is 2. The van der Waals surface area contributed by atoms with Gasteiger partial charge in [-0.3, -0.25) is 9.80 Å². The van der Waals surface area contributed by atoms with Crippen LogP contribution in [0.1, 0.15) is 117 Å². The average Bonchev–Trinajstić information content (AvgIpc) is 3.78. The van der Waals surface area contributed by atoms with Gasteiger partial charge in [0.15, 0.2) is 0 Å². The fraction of sp³-hybridized carbons (Fsp3) is 0.547. The van der Waals surface area contributed by atoms with E-state index in [1.54, 1.807) is 48.9 Å². The molecule has 7 heterocycles. The van der Waals surface area contributed by atoms with Gasteiger partial charge in [0.05, 0.1) is 48.2 Å². The first-order valence-corrected chi connectivity index (χ1v) is 25.9. The molecule has 5 saturated heterocycles. The van der Waals surface area contributed by atoms with Gasteiger partial charge in [-0.05, 0) is 137 Å². The summed E-state index contributed by atoms with van der Waals surface area (Å²) in [7, 11) is 0. The van der Waals surface area contributed by atoms with Gasteiger partial charge in [-0.15, -0.1) is 0 Å². The molecule has 2 aromatic heterocycles. The molecule has 5 aliphatic heterocycles. The highest BCUT2D eigenvalue weighted by Gasteiger charge is 2.44. The largest absolute Gasteiger partial charge is 0.439 e. The van der Waals surface area contributed by atoms with E-state index in [0.29, 0.717) is 54.7 Å². The maximum absolute atomic E-state index is 13.5. The van der Waals surface area contributed by atoms with Crippen molar-refractivity contribution >= 4 is 45.4 Å². The zero-order valence-corrected chi connectivity index (χ0v) is 43.7. The lowest BCUT2D eigenvalue weighted by atomic mass is 9.98. The number of aryl methyl sites for hydroxylation is 2. The van der Waals surface area contributed by atoms with Crippen molar-refractivity contribution in [3.63, 3.8) is 0 Å². The molecular formula is C53H64BrF6N7O6. The highest BCUT2D eigenvalue weighted by molar-refractivity contribution is 9.10. The third-order valence-electron chi connectivity index (χ3n) is 14.5. The van der Waals surface area contributed by atoms with E-state index >= 15 is 0 Å². The molecule has 0 bridgehead atoms. The normalized spacial score (nSPS) is 21.9. The number of amides is 2. The van der Waals surface area contributed by atoms with Crippen LogP contribution in [-0.4, -0.2) is 109 Å². The van der Waals surface area contributed by atoms with Crippen molar-refractivity contribution in [2.75, 3.05) is 67.3 Å². The van der Waals surface area contributed by atoms with Gasteiger partial charge < -0.3 is 33.6 Å². The Balaban J connectivity index is 0.000000196. The van der Waals surface area contributed by atoms with Crippen molar-refractivity contribution in [2.45, 2.75) is 135 Å². The van der Waals surface area contributed by atoms with E-state index in [2.05, 4.69) is 55.5 Å². The molecule has 5 aliphatic rings. The molecule has 0 spiro atoms. The summed E-state index contributed by atoms with van der Waals surface area (Å²) >= 11 is 3.48. The Morgan fingerprint density at radius 3 is 1.45 bits per heavy atom. The summed E-state index contributed by atoms with van der Waals surface area (Å²) in [4.78, 5) is 45.5. The van der Waals surface area contributed by atoms with Crippen LogP contribution in [-0.2, 0) is 44.4 Å². The molecule has 13 nitrogen and oxygen atoms in total. The molecule has 4 aromatic rings. The SMILES string of the molecule is CCN(c1ncc(Br)cc1CN1C(=O)O[C@H](c2cc(C)cc(C(F)(F)F)c2)[C@@H]1C)C1CCOCC1.CCN(c1ncc(N2CCC2)cc1CN1C(=O)O[C@H](c2cc(C)cc(C(F)(F)F)c2)[C@@H]1C)C1CCOCC1. The minimum Gasteiger partial charge on any atom is -0.439 e. The first-order valence-electron chi connectivity index (χ1n) is 25.1. The Bertz CT molecular complexity index is 2590. The molecule has 0 radical (unpaired) electrons. The smallest absolute Gasteiger partial charge is 0.416 e. The van der Waals surface area contributed by atoms with Crippen molar-refractivity contribution in [1.29, 1.82) is 0 Å². The summed E-state index contributed by atoms with van der Waals surface area (Å²) in [5, 5.41) is 0. The third kappa shape index (κ3) is 12.3. The predicted octanol–water partition coefficient (Wildman–Crippen LogP) is 12.0. The fourth-order valence-corrected chi connectivity index (χ4v) is 11.0. The van der Waals surface area contributed by atoms with E-state index in [0.717, 1.165) is 115 Å². The molecule has 4 atom stereocenters. The zero-order chi connectivity index (χ0) is 52.4. The number of cyclic esters (lactones) is 2. The topological polar surface area (TPSA) is 113 Å². The molecule has 9 rings (SSSR count). The van der Waals surface area contributed by atoms with Crippen molar-refractivity contribution in [3.05, 3.63) is 110 Å². The Morgan fingerprint density at radius 1 is 0.630 bits per heavy atom. The number of hydrogen-bond donors (Lipinski definition) is 0. The van der Waals surface area contributed by atoms with Crippen molar-refractivity contribution in [2.24, 2.45) is 0 Å². The quantitative estimate of drug-likeness (QED) is 0.119. The number of halogens is 7. The molecule has 2 amide bonds. The van der Waals surface area contributed by atoms with Gasteiger partial charge in [-0.2, -0.15) is 26.3 Å². The highest BCUT2D eigenvalue weighted by Crippen LogP contribution is 2.41. The van der Waals surface area contributed by atoms with Crippen LogP contribution in [0.5, 0.6) is 0 Å². The second kappa shape index (κ2) is 22.6. The molecule has 20 heteroatoms. The second-order valence-corrected chi connectivity index (χ2v) is 20.4. The van der Waals surface area contributed by atoms with Gasteiger partial charge in [0, 0.05) is 86.5 Å².